The molecule has 110 valence electrons. The molecule has 1 unspecified atom stereocenters. The maximum atomic E-state index is 10.6. The summed E-state index contributed by atoms with van der Waals surface area (Å²) in [6.45, 7) is 0. The number of nitrogens with zero attached hydrogens (tertiary/aromatic N) is 2. The molecular formula is C18H16N2OS. The minimum Gasteiger partial charge on any atom is -0.355 e. The van der Waals surface area contributed by atoms with E-state index in [0.29, 0.717) is 0 Å². The molecule has 0 saturated carbocycles. The van der Waals surface area contributed by atoms with E-state index in [-0.39, 0.29) is 5.37 Å². The van der Waals surface area contributed by atoms with E-state index in [1.807, 2.05) is 66.7 Å². The van der Waals surface area contributed by atoms with Gasteiger partial charge in [0.25, 0.3) is 0 Å². The summed E-state index contributed by atoms with van der Waals surface area (Å²) in [6, 6.07) is 20.1. The Kier molecular flexibility index (Phi) is 4.39. The number of rotatable bonds is 1. The fourth-order valence-electron chi connectivity index (χ4n) is 2.33. The van der Waals surface area contributed by atoms with Crippen molar-refractivity contribution in [3.63, 3.8) is 0 Å². The van der Waals surface area contributed by atoms with Crippen molar-refractivity contribution in [3.8, 4) is 0 Å². The first-order valence-corrected chi connectivity index (χ1v) is 7.91. The van der Waals surface area contributed by atoms with Crippen molar-refractivity contribution in [1.82, 2.24) is 4.98 Å². The number of thioether (sulfide) groups is 1. The molecule has 0 radical (unpaired) electrons. The first-order chi connectivity index (χ1) is 10.8. The molecular weight excluding hydrogens is 292 g/mol. The number of para-hydroxylation sites is 2. The second-order valence-corrected chi connectivity index (χ2v) is 6.08. The number of anilines is 1. The molecule has 1 atom stereocenters. The number of aldehydes is 1. The third-order valence-electron chi connectivity index (χ3n) is 3.50. The Labute approximate surface area is 134 Å². The minimum atomic E-state index is -0.0394. The van der Waals surface area contributed by atoms with Gasteiger partial charge in [-0.2, -0.15) is 0 Å². The molecule has 0 fully saturated rings. The molecule has 2 aromatic carbocycles. The average molecular weight is 308 g/mol. The van der Waals surface area contributed by atoms with Crippen LogP contribution in [0.25, 0.3) is 10.9 Å². The number of benzene rings is 2. The SMILES string of the molecule is CN1c2ccccc2SC1C=O.c1ccc2ncccc2c1. The molecule has 0 bridgehead atoms. The van der Waals surface area contributed by atoms with Crippen LogP contribution in [0, 0.1) is 0 Å². The minimum absolute atomic E-state index is 0.0394. The molecule has 1 aliphatic heterocycles. The second-order valence-electron chi connectivity index (χ2n) is 4.92. The fourth-order valence-corrected chi connectivity index (χ4v) is 3.41. The monoisotopic (exact) mass is 308 g/mol. The molecule has 2 heterocycles. The number of carbonyl (C=O) groups is 1. The van der Waals surface area contributed by atoms with Crippen molar-refractivity contribution in [1.29, 1.82) is 0 Å². The van der Waals surface area contributed by atoms with Crippen LogP contribution < -0.4 is 4.90 Å². The van der Waals surface area contributed by atoms with Gasteiger partial charge in [0.05, 0.1) is 11.2 Å². The van der Waals surface area contributed by atoms with E-state index in [4.69, 9.17) is 0 Å². The number of fused-ring (bicyclic) bond motifs is 2. The molecule has 1 aromatic heterocycles. The standard InChI is InChI=1S/C9H9NOS.C9H7N/c1-10-7-4-2-3-5-8(7)12-9(10)6-11;1-2-6-9-8(4-1)5-3-7-10-9/h2-6,9H,1H3;1-7H. The molecule has 0 spiro atoms. The highest BCUT2D eigenvalue weighted by Crippen LogP contribution is 2.40. The summed E-state index contributed by atoms with van der Waals surface area (Å²) in [4.78, 5) is 18.0. The van der Waals surface area contributed by atoms with Gasteiger partial charge in [-0.25, -0.2) is 0 Å². The van der Waals surface area contributed by atoms with Crippen molar-refractivity contribution < 1.29 is 4.79 Å². The van der Waals surface area contributed by atoms with Crippen LogP contribution in [0.15, 0.2) is 71.8 Å². The van der Waals surface area contributed by atoms with E-state index in [1.54, 1.807) is 11.8 Å². The number of hydrogen-bond acceptors (Lipinski definition) is 4. The average Bonchev–Trinajstić information content (AvgIpc) is 2.92. The highest BCUT2D eigenvalue weighted by Gasteiger charge is 2.25. The Morgan fingerprint density at radius 3 is 2.55 bits per heavy atom. The summed E-state index contributed by atoms with van der Waals surface area (Å²) in [5, 5.41) is 1.16. The summed E-state index contributed by atoms with van der Waals surface area (Å²) in [5.74, 6) is 0. The Morgan fingerprint density at radius 1 is 1.05 bits per heavy atom. The molecule has 1 aliphatic rings. The maximum Gasteiger partial charge on any atom is 0.153 e. The third-order valence-corrected chi connectivity index (χ3v) is 4.77. The van der Waals surface area contributed by atoms with Crippen LogP contribution in [0.3, 0.4) is 0 Å². The van der Waals surface area contributed by atoms with Gasteiger partial charge in [0.2, 0.25) is 0 Å². The number of pyridine rings is 1. The molecule has 0 N–H and O–H groups in total. The van der Waals surface area contributed by atoms with Gasteiger partial charge < -0.3 is 9.69 Å². The van der Waals surface area contributed by atoms with Crippen molar-refractivity contribution in [2.24, 2.45) is 0 Å². The van der Waals surface area contributed by atoms with Crippen LogP contribution >= 0.6 is 11.8 Å². The van der Waals surface area contributed by atoms with E-state index in [1.165, 1.54) is 10.3 Å². The van der Waals surface area contributed by atoms with Crippen molar-refractivity contribution in [2.45, 2.75) is 10.3 Å². The first kappa shape index (κ1) is 14.6. The smallest absolute Gasteiger partial charge is 0.153 e. The van der Waals surface area contributed by atoms with E-state index in [0.717, 1.165) is 17.5 Å². The van der Waals surface area contributed by atoms with Crippen LogP contribution in [0.1, 0.15) is 0 Å². The van der Waals surface area contributed by atoms with Gasteiger partial charge >= 0.3 is 0 Å². The fraction of sp³-hybridized carbons (Fsp3) is 0.111. The lowest BCUT2D eigenvalue weighted by Crippen LogP contribution is -2.25. The molecule has 22 heavy (non-hydrogen) atoms. The third kappa shape index (κ3) is 2.97. The summed E-state index contributed by atoms with van der Waals surface area (Å²) in [7, 11) is 1.94. The lowest BCUT2D eigenvalue weighted by molar-refractivity contribution is -0.107. The van der Waals surface area contributed by atoms with Gasteiger partial charge in [-0.3, -0.25) is 4.98 Å². The van der Waals surface area contributed by atoms with Crippen molar-refractivity contribution in [3.05, 3.63) is 66.9 Å². The highest BCUT2D eigenvalue weighted by atomic mass is 32.2. The van der Waals surface area contributed by atoms with Crippen LogP contribution in [-0.2, 0) is 4.79 Å². The predicted molar refractivity (Wildman–Crippen MR) is 92.3 cm³/mol. The molecule has 0 saturated heterocycles. The number of aromatic nitrogens is 1. The van der Waals surface area contributed by atoms with Crippen LogP contribution in [-0.4, -0.2) is 23.7 Å². The van der Waals surface area contributed by atoms with Crippen LogP contribution in [0.4, 0.5) is 5.69 Å². The number of carbonyl (C=O) groups excluding carboxylic acids is 1. The number of likely N-dealkylation sites (N-methyl/N-ethyl adjacent to an activating group) is 1. The summed E-state index contributed by atoms with van der Waals surface area (Å²) >= 11 is 1.60. The molecule has 4 rings (SSSR count). The predicted octanol–water partition coefficient (Wildman–Crippen LogP) is 3.99. The molecule has 0 amide bonds. The molecule has 3 nitrogen and oxygen atoms in total. The molecule has 0 aliphatic carbocycles. The Bertz CT molecular complexity index is 725. The zero-order valence-electron chi connectivity index (χ0n) is 12.2. The van der Waals surface area contributed by atoms with Gasteiger partial charge in [0.15, 0.2) is 6.29 Å². The van der Waals surface area contributed by atoms with Gasteiger partial charge in [-0.05, 0) is 24.3 Å². The lowest BCUT2D eigenvalue weighted by Gasteiger charge is -2.15. The van der Waals surface area contributed by atoms with Gasteiger partial charge in [0.1, 0.15) is 5.37 Å². The van der Waals surface area contributed by atoms with E-state index >= 15 is 0 Å². The summed E-state index contributed by atoms with van der Waals surface area (Å²) < 4.78 is 0. The second kappa shape index (κ2) is 6.62. The largest absolute Gasteiger partial charge is 0.355 e. The Morgan fingerprint density at radius 2 is 1.77 bits per heavy atom. The van der Waals surface area contributed by atoms with E-state index < -0.39 is 0 Å². The normalized spacial score (nSPS) is 15.9. The van der Waals surface area contributed by atoms with Gasteiger partial charge in [0, 0.05) is 23.5 Å². The molecule has 3 aromatic rings. The van der Waals surface area contributed by atoms with Gasteiger partial charge in [-0.1, -0.05) is 48.2 Å². The number of hydrogen-bond donors (Lipinski definition) is 0. The molecule has 4 heteroatoms. The van der Waals surface area contributed by atoms with Crippen LogP contribution in [0.2, 0.25) is 0 Å². The van der Waals surface area contributed by atoms with E-state index in [2.05, 4.69) is 17.1 Å². The lowest BCUT2D eigenvalue weighted by atomic mass is 10.2. The van der Waals surface area contributed by atoms with Crippen LogP contribution in [0.5, 0.6) is 0 Å². The van der Waals surface area contributed by atoms with E-state index in [9.17, 15) is 4.79 Å². The summed E-state index contributed by atoms with van der Waals surface area (Å²) in [6.07, 6.45) is 2.78. The van der Waals surface area contributed by atoms with Gasteiger partial charge in [-0.15, -0.1) is 0 Å². The zero-order chi connectivity index (χ0) is 15.4. The Balaban J connectivity index is 0.000000133. The quantitative estimate of drug-likeness (QED) is 0.637. The topological polar surface area (TPSA) is 33.2 Å². The first-order valence-electron chi connectivity index (χ1n) is 7.03. The Hall–Kier alpha value is -2.33. The van der Waals surface area contributed by atoms with Crippen molar-refractivity contribution >= 4 is 34.6 Å². The summed E-state index contributed by atoms with van der Waals surface area (Å²) in [5.41, 5.74) is 2.21. The zero-order valence-corrected chi connectivity index (χ0v) is 13.0. The highest BCUT2D eigenvalue weighted by molar-refractivity contribution is 8.01. The van der Waals surface area contributed by atoms with Crippen molar-refractivity contribution in [2.75, 3.05) is 11.9 Å². The maximum absolute atomic E-state index is 10.6.